The Morgan fingerprint density at radius 1 is 1.57 bits per heavy atom. The van der Waals surface area contributed by atoms with E-state index in [4.69, 9.17) is 0 Å². The standard InChI is InChI=1S/C11H13BrN2/c1-9(6-7-12)11(13-2)10-5-3-4-8-14-10/h3-6,8H,7H2,1-2H3/b9-6+,13-11?. The third kappa shape index (κ3) is 2.77. The molecule has 1 aromatic heterocycles. The van der Waals surface area contributed by atoms with Crippen molar-refractivity contribution in [1.82, 2.24) is 4.98 Å². The van der Waals surface area contributed by atoms with Crippen molar-refractivity contribution >= 4 is 21.6 Å². The highest BCUT2D eigenvalue weighted by Crippen LogP contribution is 2.06. The van der Waals surface area contributed by atoms with Crippen molar-refractivity contribution in [3.63, 3.8) is 0 Å². The number of hydrogen-bond donors (Lipinski definition) is 0. The molecule has 1 rings (SSSR count). The summed E-state index contributed by atoms with van der Waals surface area (Å²) >= 11 is 3.37. The fourth-order valence-electron chi connectivity index (χ4n) is 1.21. The van der Waals surface area contributed by atoms with Gasteiger partial charge in [0.15, 0.2) is 0 Å². The van der Waals surface area contributed by atoms with Crippen molar-refractivity contribution in [3.8, 4) is 0 Å². The highest BCUT2D eigenvalue weighted by Gasteiger charge is 2.04. The molecular formula is C11H13BrN2. The highest BCUT2D eigenvalue weighted by molar-refractivity contribution is 9.09. The van der Waals surface area contributed by atoms with Gasteiger partial charge in [0.2, 0.25) is 0 Å². The maximum absolute atomic E-state index is 4.27. The fourth-order valence-corrected chi connectivity index (χ4v) is 1.69. The second-order valence-electron chi connectivity index (χ2n) is 2.83. The zero-order valence-corrected chi connectivity index (χ0v) is 9.95. The van der Waals surface area contributed by atoms with Gasteiger partial charge in [-0.05, 0) is 24.6 Å². The van der Waals surface area contributed by atoms with Crippen LogP contribution in [-0.2, 0) is 0 Å². The van der Waals surface area contributed by atoms with Gasteiger partial charge in [0.1, 0.15) is 0 Å². The van der Waals surface area contributed by atoms with Gasteiger partial charge in [0.25, 0.3) is 0 Å². The van der Waals surface area contributed by atoms with E-state index < -0.39 is 0 Å². The first-order valence-electron chi connectivity index (χ1n) is 4.41. The number of rotatable bonds is 3. The zero-order valence-electron chi connectivity index (χ0n) is 8.37. The Hall–Kier alpha value is -0.960. The van der Waals surface area contributed by atoms with Crippen LogP contribution in [0.2, 0.25) is 0 Å². The minimum Gasteiger partial charge on any atom is -0.286 e. The van der Waals surface area contributed by atoms with E-state index in [9.17, 15) is 0 Å². The number of halogens is 1. The van der Waals surface area contributed by atoms with Crippen molar-refractivity contribution in [2.45, 2.75) is 6.92 Å². The zero-order chi connectivity index (χ0) is 10.4. The average molecular weight is 253 g/mol. The van der Waals surface area contributed by atoms with E-state index >= 15 is 0 Å². The van der Waals surface area contributed by atoms with E-state index in [2.05, 4.69) is 32.0 Å². The van der Waals surface area contributed by atoms with Gasteiger partial charge in [-0.1, -0.05) is 28.1 Å². The molecule has 14 heavy (non-hydrogen) atoms. The van der Waals surface area contributed by atoms with Crippen molar-refractivity contribution < 1.29 is 0 Å². The first-order valence-corrected chi connectivity index (χ1v) is 5.53. The van der Waals surface area contributed by atoms with Crippen molar-refractivity contribution in [3.05, 3.63) is 41.7 Å². The lowest BCUT2D eigenvalue weighted by Crippen LogP contribution is -2.05. The SMILES string of the molecule is CN=C(/C(C)=C/CBr)c1ccccn1. The van der Waals surface area contributed by atoms with Crippen LogP contribution in [0, 0.1) is 0 Å². The number of allylic oxidation sites excluding steroid dienone is 2. The molecule has 0 N–H and O–H groups in total. The third-order valence-corrected chi connectivity index (χ3v) is 2.21. The normalized spacial score (nSPS) is 13.1. The minimum atomic E-state index is 0.838. The summed E-state index contributed by atoms with van der Waals surface area (Å²) in [5, 5.41) is 0.838. The number of aromatic nitrogens is 1. The van der Waals surface area contributed by atoms with Crippen LogP contribution in [0.15, 0.2) is 41.0 Å². The molecule has 0 bridgehead atoms. The van der Waals surface area contributed by atoms with Crippen molar-refractivity contribution in [2.24, 2.45) is 4.99 Å². The van der Waals surface area contributed by atoms with Gasteiger partial charge >= 0.3 is 0 Å². The Labute approximate surface area is 92.9 Å². The molecular weight excluding hydrogens is 240 g/mol. The van der Waals surface area contributed by atoms with Crippen LogP contribution in [0.4, 0.5) is 0 Å². The lowest BCUT2D eigenvalue weighted by atomic mass is 10.1. The molecule has 0 radical (unpaired) electrons. The van der Waals surface area contributed by atoms with Crippen LogP contribution in [0.25, 0.3) is 0 Å². The molecule has 3 heteroatoms. The van der Waals surface area contributed by atoms with Gasteiger partial charge in [-0.3, -0.25) is 9.98 Å². The van der Waals surface area contributed by atoms with Crippen LogP contribution >= 0.6 is 15.9 Å². The first kappa shape index (κ1) is 11.1. The molecule has 0 saturated carbocycles. The molecule has 0 fully saturated rings. The Bertz CT molecular complexity index is 342. The Morgan fingerprint density at radius 2 is 2.36 bits per heavy atom. The van der Waals surface area contributed by atoms with Crippen molar-refractivity contribution in [2.75, 3.05) is 12.4 Å². The maximum atomic E-state index is 4.27. The summed E-state index contributed by atoms with van der Waals surface area (Å²) < 4.78 is 0. The Balaban J connectivity index is 3.01. The number of nitrogens with zero attached hydrogens (tertiary/aromatic N) is 2. The van der Waals surface area contributed by atoms with Crippen LogP contribution < -0.4 is 0 Å². The predicted molar refractivity (Wildman–Crippen MR) is 64.2 cm³/mol. The lowest BCUT2D eigenvalue weighted by molar-refractivity contribution is 1.26. The van der Waals surface area contributed by atoms with E-state index in [1.165, 1.54) is 0 Å². The summed E-state index contributed by atoms with van der Waals surface area (Å²) in [6, 6.07) is 5.84. The van der Waals surface area contributed by atoms with E-state index in [1.807, 2.05) is 25.1 Å². The molecule has 0 spiro atoms. The van der Waals surface area contributed by atoms with Crippen LogP contribution in [-0.4, -0.2) is 23.1 Å². The smallest absolute Gasteiger partial charge is 0.0884 e. The molecule has 1 aromatic rings. The molecule has 0 amide bonds. The van der Waals surface area contributed by atoms with Gasteiger partial charge in [-0.2, -0.15) is 0 Å². The van der Waals surface area contributed by atoms with E-state index in [0.717, 1.165) is 22.3 Å². The summed E-state index contributed by atoms with van der Waals surface area (Å²) in [7, 11) is 1.79. The maximum Gasteiger partial charge on any atom is 0.0884 e. The van der Waals surface area contributed by atoms with E-state index in [1.54, 1.807) is 13.2 Å². The summed E-state index contributed by atoms with van der Waals surface area (Å²) in [6.45, 7) is 2.04. The Morgan fingerprint density at radius 3 is 2.86 bits per heavy atom. The van der Waals surface area contributed by atoms with Crippen LogP contribution in [0.5, 0.6) is 0 Å². The first-order chi connectivity index (χ1) is 6.79. The summed E-state index contributed by atoms with van der Waals surface area (Å²) in [4.78, 5) is 8.51. The molecule has 0 atom stereocenters. The largest absolute Gasteiger partial charge is 0.286 e. The van der Waals surface area contributed by atoms with Crippen LogP contribution in [0.3, 0.4) is 0 Å². The number of aliphatic imine (C=N–C) groups is 1. The number of pyridine rings is 1. The molecule has 0 unspecified atom stereocenters. The molecule has 74 valence electrons. The molecule has 0 aliphatic rings. The van der Waals surface area contributed by atoms with E-state index in [0.29, 0.717) is 0 Å². The summed E-state index contributed by atoms with van der Waals surface area (Å²) in [5.74, 6) is 0. The monoisotopic (exact) mass is 252 g/mol. The highest BCUT2D eigenvalue weighted by atomic mass is 79.9. The van der Waals surface area contributed by atoms with Crippen LogP contribution in [0.1, 0.15) is 12.6 Å². The number of hydrogen-bond acceptors (Lipinski definition) is 2. The molecule has 2 nitrogen and oxygen atoms in total. The second kappa shape index (κ2) is 5.70. The molecule has 0 aliphatic carbocycles. The molecule has 1 heterocycles. The fraction of sp³-hybridized carbons (Fsp3) is 0.273. The summed E-state index contributed by atoms with van der Waals surface area (Å²) in [5.41, 5.74) is 3.01. The second-order valence-corrected chi connectivity index (χ2v) is 3.48. The summed E-state index contributed by atoms with van der Waals surface area (Å²) in [6.07, 6.45) is 3.86. The molecule has 0 aromatic carbocycles. The van der Waals surface area contributed by atoms with Gasteiger partial charge in [-0.25, -0.2) is 0 Å². The Kier molecular flexibility index (Phi) is 4.53. The van der Waals surface area contributed by atoms with Gasteiger partial charge in [0, 0.05) is 18.6 Å². The van der Waals surface area contributed by atoms with Gasteiger partial charge in [0.05, 0.1) is 11.4 Å². The van der Waals surface area contributed by atoms with Crippen molar-refractivity contribution in [1.29, 1.82) is 0 Å². The predicted octanol–water partition coefficient (Wildman–Crippen LogP) is 2.84. The van der Waals surface area contributed by atoms with E-state index in [-0.39, 0.29) is 0 Å². The minimum absolute atomic E-state index is 0.838. The quantitative estimate of drug-likeness (QED) is 0.600. The molecule has 0 saturated heterocycles. The topological polar surface area (TPSA) is 25.2 Å². The van der Waals surface area contributed by atoms with Gasteiger partial charge < -0.3 is 0 Å². The third-order valence-electron chi connectivity index (χ3n) is 1.89. The average Bonchev–Trinajstić information content (AvgIpc) is 2.21. The lowest BCUT2D eigenvalue weighted by Gasteiger charge is -2.04. The molecule has 0 aliphatic heterocycles. The number of alkyl halides is 1. The van der Waals surface area contributed by atoms with Gasteiger partial charge in [-0.15, -0.1) is 0 Å².